The number of hydrogen-bond acceptors (Lipinski definition) is 8. The Morgan fingerprint density at radius 2 is 1.75 bits per heavy atom. The van der Waals surface area contributed by atoms with Crippen LogP contribution in [0.15, 0.2) is 0 Å². The zero-order valence-corrected chi connectivity index (χ0v) is 15.4. The number of aliphatic hydroxyl groups is 1. The summed E-state index contributed by atoms with van der Waals surface area (Å²) < 4.78 is 19.5. The van der Waals surface area contributed by atoms with Gasteiger partial charge < -0.3 is 29.2 Å². The van der Waals surface area contributed by atoms with Gasteiger partial charge >= 0.3 is 12.1 Å². The smallest absolute Gasteiger partial charge is 0.475 e. The maximum Gasteiger partial charge on any atom is 0.508 e. The lowest BCUT2D eigenvalue weighted by Crippen LogP contribution is -2.37. The van der Waals surface area contributed by atoms with Crippen molar-refractivity contribution in [3.63, 3.8) is 0 Å². The molecule has 0 saturated heterocycles. The average Bonchev–Trinajstić information content (AvgIpc) is 2.45. The van der Waals surface area contributed by atoms with Crippen LogP contribution < -0.4 is 0 Å². The van der Waals surface area contributed by atoms with Gasteiger partial charge in [-0.05, 0) is 6.04 Å². The SMILES string of the molecule is COCOC(COC(=O)OCC[Si](C)(C)C)[C@@H](O)CC(=O)C(=O)O. The van der Waals surface area contributed by atoms with Crippen molar-refractivity contribution in [1.29, 1.82) is 0 Å². The van der Waals surface area contributed by atoms with Crippen LogP contribution in [0.1, 0.15) is 6.42 Å². The highest BCUT2D eigenvalue weighted by atomic mass is 28.3. The zero-order chi connectivity index (χ0) is 18.8. The summed E-state index contributed by atoms with van der Waals surface area (Å²) >= 11 is 0. The van der Waals surface area contributed by atoms with E-state index in [1.807, 2.05) is 0 Å². The molecule has 140 valence electrons. The second-order valence-electron chi connectivity index (χ2n) is 6.33. The molecular weight excluding hydrogens is 340 g/mol. The quantitative estimate of drug-likeness (QED) is 0.224. The Labute approximate surface area is 141 Å². The number of aliphatic carboxylic acids is 1. The first-order chi connectivity index (χ1) is 11.1. The van der Waals surface area contributed by atoms with Crippen LogP contribution >= 0.6 is 0 Å². The van der Waals surface area contributed by atoms with Gasteiger partial charge in [0.2, 0.25) is 5.78 Å². The first kappa shape index (κ1) is 22.5. The molecular formula is C14H26O9Si. The number of Topliss-reactive ketones (excluding diaryl/α,β-unsaturated/α-hetero) is 1. The van der Waals surface area contributed by atoms with Crippen LogP contribution in [0.4, 0.5) is 4.79 Å². The molecule has 0 radical (unpaired) electrons. The van der Waals surface area contributed by atoms with Gasteiger partial charge in [-0.25, -0.2) is 9.59 Å². The second kappa shape index (κ2) is 11.1. The molecule has 9 nitrogen and oxygen atoms in total. The molecule has 0 heterocycles. The van der Waals surface area contributed by atoms with Gasteiger partial charge in [0.05, 0.1) is 12.7 Å². The molecule has 0 aliphatic heterocycles. The van der Waals surface area contributed by atoms with E-state index in [0.717, 1.165) is 6.04 Å². The molecule has 0 amide bonds. The number of carboxylic acids is 1. The molecule has 0 aliphatic carbocycles. The van der Waals surface area contributed by atoms with E-state index < -0.39 is 51.2 Å². The highest BCUT2D eigenvalue weighted by molar-refractivity contribution is 6.76. The maximum atomic E-state index is 11.5. The lowest BCUT2D eigenvalue weighted by molar-refractivity contribution is -0.154. The van der Waals surface area contributed by atoms with Crippen molar-refractivity contribution in [3.8, 4) is 0 Å². The fourth-order valence-corrected chi connectivity index (χ4v) is 2.18. The zero-order valence-electron chi connectivity index (χ0n) is 14.4. The Hall–Kier alpha value is -1.49. The van der Waals surface area contributed by atoms with Gasteiger partial charge in [-0.3, -0.25) is 4.79 Å². The molecule has 0 aromatic heterocycles. The van der Waals surface area contributed by atoms with Gasteiger partial charge in [0.25, 0.3) is 0 Å². The third-order valence-electron chi connectivity index (χ3n) is 2.90. The molecule has 0 bridgehead atoms. The first-order valence-corrected chi connectivity index (χ1v) is 11.1. The summed E-state index contributed by atoms with van der Waals surface area (Å²) in [6, 6.07) is 0.779. The van der Waals surface area contributed by atoms with E-state index in [2.05, 4.69) is 24.4 Å². The first-order valence-electron chi connectivity index (χ1n) is 7.41. The summed E-state index contributed by atoms with van der Waals surface area (Å²) in [6.07, 6.45) is -4.16. The van der Waals surface area contributed by atoms with Crippen molar-refractivity contribution < 1.29 is 43.5 Å². The number of methoxy groups -OCH3 is 1. The Bertz CT molecular complexity index is 419. The molecule has 0 spiro atoms. The molecule has 0 fully saturated rings. The lowest BCUT2D eigenvalue weighted by atomic mass is 10.1. The number of ether oxygens (including phenoxy) is 4. The van der Waals surface area contributed by atoms with Gasteiger partial charge in [-0.15, -0.1) is 0 Å². The number of carbonyl (C=O) groups excluding carboxylic acids is 2. The topological polar surface area (TPSA) is 129 Å². The molecule has 0 saturated carbocycles. The van der Waals surface area contributed by atoms with E-state index in [0.29, 0.717) is 0 Å². The maximum absolute atomic E-state index is 11.5. The summed E-state index contributed by atoms with van der Waals surface area (Å²) in [5.74, 6) is -2.84. The number of aliphatic hydroxyl groups excluding tert-OH is 1. The van der Waals surface area contributed by atoms with Crippen molar-refractivity contribution in [2.45, 2.75) is 44.3 Å². The Balaban J connectivity index is 4.38. The standard InChI is InChI=1S/C14H26O9Si/c1-20-9-23-12(10(15)7-11(16)13(17)18)8-22-14(19)21-5-6-24(2,3)4/h10,12,15H,5-9H2,1-4H3,(H,17,18)/t10-,12?/m0/s1. The third-order valence-corrected chi connectivity index (χ3v) is 4.60. The molecule has 2 N–H and O–H groups in total. The third kappa shape index (κ3) is 11.1. The van der Waals surface area contributed by atoms with Crippen LogP contribution in [0.25, 0.3) is 0 Å². The van der Waals surface area contributed by atoms with Crippen LogP contribution in [0.3, 0.4) is 0 Å². The molecule has 0 aromatic carbocycles. The highest BCUT2D eigenvalue weighted by Crippen LogP contribution is 2.09. The number of hydrogen-bond donors (Lipinski definition) is 2. The Morgan fingerprint density at radius 1 is 1.12 bits per heavy atom. The molecule has 2 atom stereocenters. The molecule has 0 aliphatic rings. The van der Waals surface area contributed by atoms with Gasteiger partial charge in [-0.1, -0.05) is 19.6 Å². The summed E-state index contributed by atoms with van der Waals surface area (Å²) in [5.41, 5.74) is 0. The van der Waals surface area contributed by atoms with Gasteiger partial charge in [-0.2, -0.15) is 0 Å². The van der Waals surface area contributed by atoms with E-state index in [4.69, 9.17) is 19.3 Å². The van der Waals surface area contributed by atoms with E-state index >= 15 is 0 Å². The largest absolute Gasteiger partial charge is 0.508 e. The molecule has 24 heavy (non-hydrogen) atoms. The average molecular weight is 366 g/mol. The Kier molecular flexibility index (Phi) is 10.4. The normalized spacial score (nSPS) is 13.9. The van der Waals surface area contributed by atoms with Crippen LogP contribution in [0.2, 0.25) is 25.7 Å². The van der Waals surface area contributed by atoms with E-state index in [1.165, 1.54) is 7.11 Å². The minimum absolute atomic E-state index is 0.225. The monoisotopic (exact) mass is 366 g/mol. The van der Waals surface area contributed by atoms with Crippen molar-refractivity contribution in [1.82, 2.24) is 0 Å². The number of carbonyl (C=O) groups is 3. The van der Waals surface area contributed by atoms with Gasteiger partial charge in [0.15, 0.2) is 0 Å². The summed E-state index contributed by atoms with van der Waals surface area (Å²) in [5, 5.41) is 18.4. The van der Waals surface area contributed by atoms with Crippen LogP contribution in [-0.2, 0) is 28.5 Å². The number of rotatable bonds is 12. The predicted molar refractivity (Wildman–Crippen MR) is 85.5 cm³/mol. The van der Waals surface area contributed by atoms with Crippen molar-refractivity contribution in [3.05, 3.63) is 0 Å². The minimum atomic E-state index is -1.66. The van der Waals surface area contributed by atoms with Crippen molar-refractivity contribution in [2.75, 3.05) is 27.1 Å². The lowest BCUT2D eigenvalue weighted by Gasteiger charge is -2.22. The predicted octanol–water partition coefficient (Wildman–Crippen LogP) is 0.872. The summed E-state index contributed by atoms with van der Waals surface area (Å²) in [7, 11) is 0.00401. The molecule has 10 heteroatoms. The van der Waals surface area contributed by atoms with E-state index in [1.54, 1.807) is 0 Å². The second-order valence-corrected chi connectivity index (χ2v) is 12.0. The minimum Gasteiger partial charge on any atom is -0.475 e. The van der Waals surface area contributed by atoms with Gasteiger partial charge in [0.1, 0.15) is 19.5 Å². The number of carboxylic acid groups (broad SMARTS) is 1. The molecule has 0 aromatic rings. The fraction of sp³-hybridized carbons (Fsp3) is 0.786. The van der Waals surface area contributed by atoms with Crippen LogP contribution in [-0.4, -0.2) is 75.5 Å². The van der Waals surface area contributed by atoms with Crippen molar-refractivity contribution in [2.24, 2.45) is 0 Å². The highest BCUT2D eigenvalue weighted by Gasteiger charge is 2.27. The van der Waals surface area contributed by atoms with Gasteiger partial charge in [0, 0.05) is 21.6 Å². The molecule has 1 unspecified atom stereocenters. The summed E-state index contributed by atoms with van der Waals surface area (Å²) in [4.78, 5) is 33.1. The van der Waals surface area contributed by atoms with Crippen molar-refractivity contribution >= 4 is 26.0 Å². The number of ketones is 1. The van der Waals surface area contributed by atoms with E-state index in [9.17, 15) is 19.5 Å². The van der Waals surface area contributed by atoms with Crippen LogP contribution in [0.5, 0.6) is 0 Å². The fourth-order valence-electron chi connectivity index (χ4n) is 1.47. The Morgan fingerprint density at radius 3 is 2.25 bits per heavy atom. The van der Waals surface area contributed by atoms with Crippen LogP contribution in [0, 0.1) is 0 Å². The molecule has 0 rings (SSSR count). The summed E-state index contributed by atoms with van der Waals surface area (Å²) in [6.45, 7) is 6.00. The van der Waals surface area contributed by atoms with E-state index in [-0.39, 0.29) is 13.4 Å².